The molecule has 8 heteroatoms. The van der Waals surface area contributed by atoms with Crippen LogP contribution in [-0.2, 0) is 4.79 Å². The van der Waals surface area contributed by atoms with Gasteiger partial charge in [0.15, 0.2) is 0 Å². The zero-order valence-corrected chi connectivity index (χ0v) is 23.1. The minimum Gasteiger partial charge on any atom is -0.491 e. The highest BCUT2D eigenvalue weighted by molar-refractivity contribution is 5.96. The largest absolute Gasteiger partial charge is 0.491 e. The van der Waals surface area contributed by atoms with Crippen LogP contribution in [0.1, 0.15) is 72.1 Å². The van der Waals surface area contributed by atoms with E-state index in [4.69, 9.17) is 10.5 Å². The Morgan fingerprint density at radius 3 is 2.26 bits per heavy atom. The Morgan fingerprint density at radius 2 is 1.72 bits per heavy atom. The molecule has 0 atom stereocenters. The third-order valence-corrected chi connectivity index (χ3v) is 9.33. The molecule has 4 N–H and O–H groups in total. The summed E-state index contributed by atoms with van der Waals surface area (Å²) in [5.41, 5.74) is 6.72. The van der Waals surface area contributed by atoms with Gasteiger partial charge in [-0.15, -0.1) is 0 Å². The number of carbonyl (C=O) groups is 1. The number of aliphatic hydroxyl groups is 1. The van der Waals surface area contributed by atoms with Crippen LogP contribution in [0.2, 0.25) is 0 Å². The predicted octanol–water partition coefficient (Wildman–Crippen LogP) is 5.86. The molecule has 4 fully saturated rings. The van der Waals surface area contributed by atoms with Crippen LogP contribution < -0.4 is 15.4 Å². The maximum absolute atomic E-state index is 15.1. The molecular formula is C31H40FN3O4. The van der Waals surface area contributed by atoms with Gasteiger partial charge >= 0.3 is 0 Å². The van der Waals surface area contributed by atoms with E-state index in [0.29, 0.717) is 42.0 Å². The van der Waals surface area contributed by atoms with Crippen molar-refractivity contribution >= 4 is 17.4 Å². The van der Waals surface area contributed by atoms with E-state index in [9.17, 15) is 15.1 Å². The maximum atomic E-state index is 15.1. The van der Waals surface area contributed by atoms with Crippen LogP contribution in [0.4, 0.5) is 10.1 Å². The molecule has 7 nitrogen and oxygen atoms in total. The summed E-state index contributed by atoms with van der Waals surface area (Å²) in [6.07, 6.45) is 5.98. The van der Waals surface area contributed by atoms with Gasteiger partial charge in [0.2, 0.25) is 5.91 Å². The number of anilines is 1. The van der Waals surface area contributed by atoms with E-state index in [1.54, 1.807) is 19.1 Å². The molecule has 1 amide bonds. The number of halogens is 1. The minimum absolute atomic E-state index is 0.0204. The molecule has 0 radical (unpaired) electrons. The smallest absolute Gasteiger partial charge is 0.230 e. The number of benzene rings is 2. The molecule has 2 aromatic carbocycles. The van der Waals surface area contributed by atoms with Crippen LogP contribution in [-0.4, -0.2) is 40.3 Å². The molecule has 4 aliphatic carbocycles. The van der Waals surface area contributed by atoms with E-state index in [0.717, 1.165) is 44.3 Å². The van der Waals surface area contributed by atoms with E-state index < -0.39 is 5.60 Å². The van der Waals surface area contributed by atoms with Crippen molar-refractivity contribution in [1.29, 1.82) is 0 Å². The number of amides is 1. The van der Waals surface area contributed by atoms with Crippen molar-refractivity contribution in [3.05, 3.63) is 48.3 Å². The number of oxime groups is 1. The lowest BCUT2D eigenvalue weighted by atomic mass is 9.53. The van der Waals surface area contributed by atoms with E-state index in [-0.39, 0.29) is 34.6 Å². The molecule has 2 aromatic rings. The van der Waals surface area contributed by atoms with Crippen molar-refractivity contribution in [2.75, 3.05) is 11.4 Å². The molecule has 4 saturated carbocycles. The number of amidine groups is 1. The van der Waals surface area contributed by atoms with Gasteiger partial charge in [0.25, 0.3) is 0 Å². The maximum Gasteiger partial charge on any atom is 0.230 e. The number of carbonyl (C=O) groups excluding carboxylic acids is 1. The lowest BCUT2D eigenvalue weighted by Crippen LogP contribution is -2.55. The number of nitrogens with two attached hydrogens (primary N) is 1. The van der Waals surface area contributed by atoms with E-state index in [2.05, 4.69) is 5.16 Å². The van der Waals surface area contributed by atoms with Gasteiger partial charge in [-0.05, 0) is 113 Å². The molecule has 0 spiro atoms. The molecule has 0 aromatic heterocycles. The van der Waals surface area contributed by atoms with E-state index in [1.165, 1.54) is 6.07 Å². The normalized spacial score (nSPS) is 30.2. The average Bonchev–Trinajstić information content (AvgIpc) is 2.91. The van der Waals surface area contributed by atoms with Gasteiger partial charge in [-0.25, -0.2) is 4.39 Å². The van der Waals surface area contributed by atoms with Crippen molar-refractivity contribution in [2.45, 2.75) is 83.8 Å². The summed E-state index contributed by atoms with van der Waals surface area (Å²) in [6.45, 7) is 6.20. The van der Waals surface area contributed by atoms with Crippen molar-refractivity contribution in [3.8, 4) is 16.9 Å². The monoisotopic (exact) mass is 537 g/mol. The lowest BCUT2D eigenvalue weighted by molar-refractivity contribution is -0.137. The van der Waals surface area contributed by atoms with Gasteiger partial charge in [-0.1, -0.05) is 17.3 Å². The summed E-state index contributed by atoms with van der Waals surface area (Å²) in [4.78, 5) is 15.7. The second kappa shape index (κ2) is 10.1. The van der Waals surface area contributed by atoms with Gasteiger partial charge < -0.3 is 25.7 Å². The summed E-state index contributed by atoms with van der Waals surface area (Å²) in [6, 6.07) is 12.2. The molecule has 2 bridgehead atoms. The lowest BCUT2D eigenvalue weighted by Gasteiger charge is -2.54. The second-order valence-corrected chi connectivity index (χ2v) is 12.6. The fourth-order valence-corrected chi connectivity index (χ4v) is 6.91. The van der Waals surface area contributed by atoms with E-state index in [1.807, 2.05) is 43.0 Å². The first-order valence-corrected chi connectivity index (χ1v) is 14.0. The summed E-state index contributed by atoms with van der Waals surface area (Å²) in [5.74, 6) is 0.394. The molecule has 6 rings (SSSR count). The molecule has 0 aliphatic heterocycles. The Balaban J connectivity index is 1.44. The number of hydrogen-bond acceptors (Lipinski definition) is 5. The molecule has 4 aliphatic rings. The van der Waals surface area contributed by atoms with Crippen LogP contribution in [0.15, 0.2) is 47.6 Å². The Hall–Kier alpha value is -3.13. The van der Waals surface area contributed by atoms with Gasteiger partial charge in [-0.3, -0.25) is 4.79 Å². The van der Waals surface area contributed by atoms with Gasteiger partial charge in [0, 0.05) is 29.1 Å². The highest BCUT2D eigenvalue weighted by atomic mass is 19.1. The number of hydrogen-bond donors (Lipinski definition) is 3. The molecule has 0 unspecified atom stereocenters. The second-order valence-electron chi connectivity index (χ2n) is 12.6. The van der Waals surface area contributed by atoms with Gasteiger partial charge in [-0.2, -0.15) is 0 Å². The first kappa shape index (κ1) is 27.4. The van der Waals surface area contributed by atoms with Crippen LogP contribution in [0.5, 0.6) is 5.75 Å². The standard InChI is InChI=1S/C31H40FN3O4/c1-20(2)39-24-7-4-21(5-8-24)25-16-23(6-9-26(25)32)35(27(36)22-17-29(3,37)18-22)19-30-10-13-31(14-11-30,15-12-30)28(33)34-38/h4-9,16,20,22,37-38H,10-15,17-19H2,1-3H3,(H2,33,34). The van der Waals surface area contributed by atoms with Crippen LogP contribution in [0, 0.1) is 22.6 Å². The predicted molar refractivity (Wildman–Crippen MR) is 149 cm³/mol. The van der Waals surface area contributed by atoms with Crippen molar-refractivity contribution in [1.82, 2.24) is 0 Å². The summed E-state index contributed by atoms with van der Waals surface area (Å²) >= 11 is 0. The average molecular weight is 538 g/mol. The fourth-order valence-electron chi connectivity index (χ4n) is 6.91. The van der Waals surface area contributed by atoms with E-state index >= 15 is 4.39 Å². The first-order valence-electron chi connectivity index (χ1n) is 14.0. The van der Waals surface area contributed by atoms with Gasteiger partial charge in [0.05, 0.1) is 11.7 Å². The highest BCUT2D eigenvalue weighted by Gasteiger charge is 2.52. The molecule has 0 saturated heterocycles. The third-order valence-electron chi connectivity index (χ3n) is 9.33. The summed E-state index contributed by atoms with van der Waals surface area (Å²) in [5, 5.41) is 23.0. The van der Waals surface area contributed by atoms with Crippen molar-refractivity contribution in [2.24, 2.45) is 27.6 Å². The molecule has 39 heavy (non-hydrogen) atoms. The van der Waals surface area contributed by atoms with Crippen LogP contribution in [0.3, 0.4) is 0 Å². The molecule has 0 heterocycles. The Kier molecular flexibility index (Phi) is 7.12. The number of fused-ring (bicyclic) bond motifs is 3. The Morgan fingerprint density at radius 1 is 1.10 bits per heavy atom. The fraction of sp³-hybridized carbons (Fsp3) is 0.548. The zero-order chi connectivity index (χ0) is 28.0. The highest BCUT2D eigenvalue weighted by Crippen LogP contribution is 2.57. The first-order chi connectivity index (χ1) is 18.4. The number of rotatable bonds is 8. The topological polar surface area (TPSA) is 108 Å². The Bertz CT molecular complexity index is 1220. The van der Waals surface area contributed by atoms with Crippen LogP contribution in [0.25, 0.3) is 11.1 Å². The number of nitrogens with zero attached hydrogens (tertiary/aromatic N) is 2. The van der Waals surface area contributed by atoms with Crippen LogP contribution >= 0.6 is 0 Å². The molecule has 210 valence electrons. The van der Waals surface area contributed by atoms with Crippen molar-refractivity contribution < 1.29 is 24.2 Å². The third kappa shape index (κ3) is 5.36. The Labute approximate surface area is 229 Å². The number of ether oxygens (including phenoxy) is 1. The van der Waals surface area contributed by atoms with Crippen molar-refractivity contribution in [3.63, 3.8) is 0 Å². The molecular weight excluding hydrogens is 497 g/mol. The zero-order valence-electron chi connectivity index (χ0n) is 23.1. The van der Waals surface area contributed by atoms with Gasteiger partial charge in [0.1, 0.15) is 17.4 Å². The quantitative estimate of drug-likeness (QED) is 0.169. The minimum atomic E-state index is -0.825. The SMILES string of the molecule is CC(C)Oc1ccc(-c2cc(N(CC34CCC(/C(N)=N/O)(CC3)CC4)C(=O)C3CC(C)(O)C3)ccc2F)cc1. The summed E-state index contributed by atoms with van der Waals surface area (Å²) in [7, 11) is 0. The summed E-state index contributed by atoms with van der Waals surface area (Å²) < 4.78 is 20.9.